The molecule has 2 aromatic carbocycles. The van der Waals surface area contributed by atoms with Crippen molar-refractivity contribution in [3.05, 3.63) is 70.8 Å². The molecule has 2 amide bonds. The van der Waals surface area contributed by atoms with Crippen LogP contribution in [0.25, 0.3) is 0 Å². The van der Waals surface area contributed by atoms with Crippen LogP contribution in [0.5, 0.6) is 0 Å². The van der Waals surface area contributed by atoms with Crippen LogP contribution in [0.3, 0.4) is 0 Å². The standard InChI is InChI=1S/C15H12N2O3/c16-14(19)11-5-1-9(2-6-11)13(18)10-3-7-12(8-4-10)15(17)20/h1-8H,(H2,16,19)(H2,17,20). The van der Waals surface area contributed by atoms with Gasteiger partial charge in [0.05, 0.1) is 0 Å². The highest BCUT2D eigenvalue weighted by atomic mass is 16.1. The minimum absolute atomic E-state index is 0.211. The maximum absolute atomic E-state index is 12.2. The van der Waals surface area contributed by atoms with E-state index < -0.39 is 11.8 Å². The molecular weight excluding hydrogens is 256 g/mol. The van der Waals surface area contributed by atoms with E-state index in [2.05, 4.69) is 0 Å². The zero-order valence-electron chi connectivity index (χ0n) is 10.5. The lowest BCUT2D eigenvalue weighted by Crippen LogP contribution is -2.12. The van der Waals surface area contributed by atoms with Gasteiger partial charge in [0.25, 0.3) is 0 Å². The second kappa shape index (κ2) is 5.36. The monoisotopic (exact) mass is 268 g/mol. The lowest BCUT2D eigenvalue weighted by atomic mass is 10.0. The fraction of sp³-hybridized carbons (Fsp3) is 0. The molecule has 0 heterocycles. The van der Waals surface area contributed by atoms with E-state index in [4.69, 9.17) is 11.5 Å². The minimum atomic E-state index is -0.546. The highest BCUT2D eigenvalue weighted by Gasteiger charge is 2.10. The number of rotatable bonds is 4. The Morgan fingerprint density at radius 2 is 0.800 bits per heavy atom. The summed E-state index contributed by atoms with van der Waals surface area (Å²) in [6.45, 7) is 0. The molecule has 0 radical (unpaired) electrons. The molecule has 2 rings (SSSR count). The van der Waals surface area contributed by atoms with Gasteiger partial charge in [-0.05, 0) is 24.3 Å². The third kappa shape index (κ3) is 2.72. The van der Waals surface area contributed by atoms with Crippen molar-refractivity contribution in [2.24, 2.45) is 11.5 Å². The predicted molar refractivity (Wildman–Crippen MR) is 73.4 cm³/mol. The second-order valence-electron chi connectivity index (χ2n) is 4.21. The van der Waals surface area contributed by atoms with Gasteiger partial charge in [-0.2, -0.15) is 0 Å². The summed E-state index contributed by atoms with van der Waals surface area (Å²) in [5, 5.41) is 0. The van der Waals surface area contributed by atoms with Gasteiger partial charge in [-0.1, -0.05) is 24.3 Å². The molecule has 0 saturated heterocycles. The topological polar surface area (TPSA) is 103 Å². The first-order valence-corrected chi connectivity index (χ1v) is 5.83. The van der Waals surface area contributed by atoms with Gasteiger partial charge in [0.1, 0.15) is 0 Å². The van der Waals surface area contributed by atoms with Crippen LogP contribution in [-0.4, -0.2) is 17.6 Å². The lowest BCUT2D eigenvalue weighted by Gasteiger charge is -2.03. The van der Waals surface area contributed by atoms with Gasteiger partial charge >= 0.3 is 0 Å². The van der Waals surface area contributed by atoms with Crippen LogP contribution in [0.2, 0.25) is 0 Å². The summed E-state index contributed by atoms with van der Waals surface area (Å²) in [5.41, 5.74) is 11.8. The number of carbonyl (C=O) groups excluding carboxylic acids is 3. The Bertz CT molecular complexity index is 614. The number of amides is 2. The molecule has 0 bridgehead atoms. The van der Waals surface area contributed by atoms with Crippen molar-refractivity contribution in [1.29, 1.82) is 0 Å². The maximum atomic E-state index is 12.2. The van der Waals surface area contributed by atoms with Crippen molar-refractivity contribution >= 4 is 17.6 Å². The van der Waals surface area contributed by atoms with Crippen molar-refractivity contribution in [1.82, 2.24) is 0 Å². The van der Waals surface area contributed by atoms with Gasteiger partial charge in [-0.25, -0.2) is 0 Å². The SMILES string of the molecule is NC(=O)c1ccc(C(=O)c2ccc(C(N)=O)cc2)cc1. The van der Waals surface area contributed by atoms with Crippen LogP contribution in [-0.2, 0) is 0 Å². The number of hydrogen-bond acceptors (Lipinski definition) is 3. The van der Waals surface area contributed by atoms with E-state index >= 15 is 0 Å². The van der Waals surface area contributed by atoms with E-state index in [1.807, 2.05) is 0 Å². The first-order chi connectivity index (χ1) is 9.49. The zero-order chi connectivity index (χ0) is 14.7. The number of nitrogens with two attached hydrogens (primary N) is 2. The highest BCUT2D eigenvalue weighted by molar-refractivity contribution is 6.09. The molecule has 0 unspecified atom stereocenters. The molecule has 2 aromatic rings. The summed E-state index contributed by atoms with van der Waals surface area (Å²) < 4.78 is 0. The number of ketones is 1. The summed E-state index contributed by atoms with van der Waals surface area (Å²) in [6, 6.07) is 12.1. The van der Waals surface area contributed by atoms with Crippen molar-refractivity contribution in [2.45, 2.75) is 0 Å². The van der Waals surface area contributed by atoms with Crippen molar-refractivity contribution in [3.63, 3.8) is 0 Å². The molecule has 0 aromatic heterocycles. The fourth-order valence-corrected chi connectivity index (χ4v) is 1.74. The van der Waals surface area contributed by atoms with Crippen molar-refractivity contribution < 1.29 is 14.4 Å². The smallest absolute Gasteiger partial charge is 0.248 e. The Kier molecular flexibility index (Phi) is 3.61. The van der Waals surface area contributed by atoms with Crippen LogP contribution in [0, 0.1) is 0 Å². The Labute approximate surface area is 115 Å². The molecule has 100 valence electrons. The Hall–Kier alpha value is -2.95. The molecule has 5 nitrogen and oxygen atoms in total. The van der Waals surface area contributed by atoms with E-state index in [1.165, 1.54) is 48.5 Å². The number of hydrogen-bond donors (Lipinski definition) is 2. The third-order valence-electron chi connectivity index (χ3n) is 2.86. The van der Waals surface area contributed by atoms with Crippen molar-refractivity contribution in [2.75, 3.05) is 0 Å². The fourth-order valence-electron chi connectivity index (χ4n) is 1.74. The Morgan fingerprint density at radius 3 is 1.05 bits per heavy atom. The van der Waals surface area contributed by atoms with Crippen LogP contribution in [0.4, 0.5) is 0 Å². The second-order valence-corrected chi connectivity index (χ2v) is 4.21. The van der Waals surface area contributed by atoms with E-state index in [0.717, 1.165) is 0 Å². The maximum Gasteiger partial charge on any atom is 0.248 e. The van der Waals surface area contributed by atoms with E-state index in [0.29, 0.717) is 22.3 Å². The lowest BCUT2D eigenvalue weighted by molar-refractivity contribution is 0.0992. The number of benzene rings is 2. The molecule has 0 aliphatic heterocycles. The summed E-state index contributed by atoms with van der Waals surface area (Å²) in [6.07, 6.45) is 0. The number of primary amides is 2. The first kappa shape index (κ1) is 13.5. The largest absolute Gasteiger partial charge is 0.366 e. The van der Waals surface area contributed by atoms with E-state index in [1.54, 1.807) is 0 Å². The zero-order valence-corrected chi connectivity index (χ0v) is 10.5. The predicted octanol–water partition coefficient (Wildman–Crippen LogP) is 1.12. The Balaban J connectivity index is 2.26. The van der Waals surface area contributed by atoms with Gasteiger partial charge in [0.2, 0.25) is 11.8 Å². The van der Waals surface area contributed by atoms with Gasteiger partial charge < -0.3 is 11.5 Å². The van der Waals surface area contributed by atoms with Crippen molar-refractivity contribution in [3.8, 4) is 0 Å². The molecular formula is C15H12N2O3. The molecule has 0 atom stereocenters. The summed E-state index contributed by atoms with van der Waals surface area (Å²) in [5.74, 6) is -1.30. The summed E-state index contributed by atoms with van der Waals surface area (Å²) in [4.78, 5) is 34.1. The normalized spacial score (nSPS) is 10.0. The summed E-state index contributed by atoms with van der Waals surface area (Å²) in [7, 11) is 0. The molecule has 0 aliphatic rings. The van der Waals surface area contributed by atoms with E-state index in [9.17, 15) is 14.4 Å². The molecule has 0 fully saturated rings. The van der Waals surface area contributed by atoms with E-state index in [-0.39, 0.29) is 5.78 Å². The third-order valence-corrected chi connectivity index (χ3v) is 2.86. The van der Waals surface area contributed by atoms with Gasteiger partial charge in [0.15, 0.2) is 5.78 Å². The first-order valence-electron chi connectivity index (χ1n) is 5.83. The average molecular weight is 268 g/mol. The van der Waals surface area contributed by atoms with Crippen LogP contribution < -0.4 is 11.5 Å². The van der Waals surface area contributed by atoms with Gasteiger partial charge in [0, 0.05) is 22.3 Å². The minimum Gasteiger partial charge on any atom is -0.366 e. The highest BCUT2D eigenvalue weighted by Crippen LogP contribution is 2.12. The van der Waals surface area contributed by atoms with Crippen LogP contribution in [0.1, 0.15) is 36.6 Å². The molecule has 5 heteroatoms. The quantitative estimate of drug-likeness (QED) is 0.812. The summed E-state index contributed by atoms with van der Waals surface area (Å²) >= 11 is 0. The van der Waals surface area contributed by atoms with Gasteiger partial charge in [-0.3, -0.25) is 14.4 Å². The Morgan fingerprint density at radius 1 is 0.550 bits per heavy atom. The molecule has 0 saturated carbocycles. The molecule has 20 heavy (non-hydrogen) atoms. The number of carbonyl (C=O) groups is 3. The van der Waals surface area contributed by atoms with Crippen LogP contribution in [0.15, 0.2) is 48.5 Å². The molecule has 0 aliphatic carbocycles. The molecule has 4 N–H and O–H groups in total. The molecule has 0 spiro atoms. The van der Waals surface area contributed by atoms with Gasteiger partial charge in [-0.15, -0.1) is 0 Å². The average Bonchev–Trinajstić information content (AvgIpc) is 2.46. The van der Waals surface area contributed by atoms with Crippen LogP contribution >= 0.6 is 0 Å².